The van der Waals surface area contributed by atoms with Crippen molar-refractivity contribution >= 4 is 5.91 Å². The molecule has 32 heavy (non-hydrogen) atoms. The van der Waals surface area contributed by atoms with Crippen LogP contribution in [0.25, 0.3) is 11.3 Å². The molecule has 168 valence electrons. The summed E-state index contributed by atoms with van der Waals surface area (Å²) in [4.78, 5) is 12.8. The molecule has 3 aromatic rings. The maximum absolute atomic E-state index is 12.8. The lowest BCUT2D eigenvalue weighted by Gasteiger charge is -2.20. The minimum atomic E-state index is -0.902. The van der Waals surface area contributed by atoms with Crippen molar-refractivity contribution in [2.75, 3.05) is 34.0 Å². The summed E-state index contributed by atoms with van der Waals surface area (Å²) < 4.78 is 23.2. The molecule has 1 aliphatic rings. The molecule has 9 heteroatoms. The third kappa shape index (κ3) is 4.33. The van der Waals surface area contributed by atoms with Crippen molar-refractivity contribution in [1.29, 1.82) is 0 Å². The summed E-state index contributed by atoms with van der Waals surface area (Å²) >= 11 is 0. The number of carbonyl (C=O) groups is 1. The van der Waals surface area contributed by atoms with E-state index in [1.807, 2.05) is 0 Å². The maximum atomic E-state index is 12.8. The van der Waals surface area contributed by atoms with Crippen LogP contribution in [0.5, 0.6) is 23.0 Å². The number of hydrogen-bond donors (Lipinski definition) is 2. The number of carbonyl (C=O) groups excluding carboxylic acids is 1. The van der Waals surface area contributed by atoms with Gasteiger partial charge in [0.25, 0.3) is 5.91 Å². The molecule has 0 spiro atoms. The summed E-state index contributed by atoms with van der Waals surface area (Å²) in [6, 6.07) is 12.3. The van der Waals surface area contributed by atoms with Crippen LogP contribution in [0.1, 0.15) is 22.2 Å². The lowest BCUT2D eigenvalue weighted by molar-refractivity contribution is 0.0906. The van der Waals surface area contributed by atoms with Crippen molar-refractivity contribution in [1.82, 2.24) is 15.1 Å². The quantitative estimate of drug-likeness (QED) is 0.582. The van der Waals surface area contributed by atoms with Gasteiger partial charge in [-0.15, -0.1) is 0 Å². The van der Waals surface area contributed by atoms with Gasteiger partial charge in [0.05, 0.1) is 26.0 Å². The number of hydrogen-bond acceptors (Lipinski definition) is 7. The number of aliphatic hydroxyl groups is 1. The Balaban J connectivity index is 1.47. The molecule has 2 heterocycles. The first-order valence-corrected chi connectivity index (χ1v) is 10.1. The van der Waals surface area contributed by atoms with Gasteiger partial charge in [-0.3, -0.25) is 9.48 Å². The predicted octanol–water partition coefficient (Wildman–Crippen LogP) is 2.34. The highest BCUT2D eigenvalue weighted by Crippen LogP contribution is 2.34. The SMILES string of the molecule is COc1ccc(OC)c(-c2cc(C(=O)NC[C@@H](O)c3ccc4c(c3)OCCO4)n(C)n2)c1. The normalized spacial score (nSPS) is 13.4. The van der Waals surface area contributed by atoms with Crippen LogP contribution in [0.3, 0.4) is 0 Å². The number of aryl methyl sites for hydroxylation is 1. The maximum Gasteiger partial charge on any atom is 0.269 e. The summed E-state index contributed by atoms with van der Waals surface area (Å²) in [5.41, 5.74) is 2.25. The Morgan fingerprint density at radius 3 is 2.66 bits per heavy atom. The zero-order chi connectivity index (χ0) is 22.7. The number of nitrogens with one attached hydrogen (secondary N) is 1. The number of benzene rings is 2. The van der Waals surface area contributed by atoms with E-state index in [0.29, 0.717) is 58.7 Å². The molecule has 9 nitrogen and oxygen atoms in total. The van der Waals surface area contributed by atoms with Gasteiger partial charge in [0.15, 0.2) is 11.5 Å². The fourth-order valence-electron chi connectivity index (χ4n) is 3.49. The molecule has 0 radical (unpaired) electrons. The topological polar surface area (TPSA) is 104 Å². The number of aromatic nitrogens is 2. The van der Waals surface area contributed by atoms with Gasteiger partial charge in [0.2, 0.25) is 0 Å². The number of aliphatic hydroxyl groups excluding tert-OH is 1. The second-order valence-corrected chi connectivity index (χ2v) is 7.23. The summed E-state index contributed by atoms with van der Waals surface area (Å²) in [5, 5.41) is 17.7. The molecule has 0 fully saturated rings. The van der Waals surface area contributed by atoms with Crippen LogP contribution < -0.4 is 24.3 Å². The predicted molar refractivity (Wildman–Crippen MR) is 116 cm³/mol. The Morgan fingerprint density at radius 2 is 1.91 bits per heavy atom. The van der Waals surface area contributed by atoms with Crippen LogP contribution in [-0.4, -0.2) is 54.8 Å². The summed E-state index contributed by atoms with van der Waals surface area (Å²) in [6.07, 6.45) is -0.902. The minimum Gasteiger partial charge on any atom is -0.497 e. The van der Waals surface area contributed by atoms with Gasteiger partial charge < -0.3 is 29.4 Å². The van der Waals surface area contributed by atoms with Gasteiger partial charge in [-0.1, -0.05) is 6.07 Å². The minimum absolute atomic E-state index is 0.0292. The Hall–Kier alpha value is -3.72. The van der Waals surface area contributed by atoms with E-state index in [0.717, 1.165) is 0 Å². The molecule has 1 atom stereocenters. The van der Waals surface area contributed by atoms with Crippen molar-refractivity contribution in [3.8, 4) is 34.3 Å². The van der Waals surface area contributed by atoms with Crippen LogP contribution in [0, 0.1) is 0 Å². The van der Waals surface area contributed by atoms with Gasteiger partial charge in [-0.05, 0) is 42.0 Å². The van der Waals surface area contributed by atoms with E-state index in [1.165, 1.54) is 4.68 Å². The van der Waals surface area contributed by atoms with Gasteiger partial charge in [-0.2, -0.15) is 5.10 Å². The average molecular weight is 439 g/mol. The molecule has 1 aromatic heterocycles. The highest BCUT2D eigenvalue weighted by molar-refractivity contribution is 5.94. The van der Waals surface area contributed by atoms with Crippen molar-refractivity contribution in [2.24, 2.45) is 7.05 Å². The van der Waals surface area contributed by atoms with Crippen molar-refractivity contribution in [3.63, 3.8) is 0 Å². The smallest absolute Gasteiger partial charge is 0.269 e. The lowest BCUT2D eigenvalue weighted by atomic mass is 10.1. The fraction of sp³-hybridized carbons (Fsp3) is 0.304. The first-order chi connectivity index (χ1) is 15.5. The standard InChI is InChI=1S/C23H25N3O6/c1-26-18(12-17(25-26)16-11-15(29-2)5-7-20(16)30-3)23(28)24-13-19(27)14-4-6-21-22(10-14)32-9-8-31-21/h4-7,10-12,19,27H,8-9,13H2,1-3H3,(H,24,28)/t19-/m1/s1. The van der Waals surface area contributed by atoms with Crippen LogP contribution in [-0.2, 0) is 7.05 Å². The molecule has 0 aliphatic carbocycles. The first-order valence-electron chi connectivity index (χ1n) is 10.1. The molecule has 1 amide bonds. The van der Waals surface area contributed by atoms with E-state index >= 15 is 0 Å². The van der Waals surface area contributed by atoms with Gasteiger partial charge in [0, 0.05) is 19.2 Å². The number of nitrogens with zero attached hydrogens (tertiary/aromatic N) is 2. The van der Waals surface area contributed by atoms with Crippen molar-refractivity contribution in [3.05, 3.63) is 53.7 Å². The Labute approximate surface area is 185 Å². The van der Waals surface area contributed by atoms with Crippen LogP contribution >= 0.6 is 0 Å². The summed E-state index contributed by atoms with van der Waals surface area (Å²) in [7, 11) is 4.83. The Morgan fingerprint density at radius 1 is 1.12 bits per heavy atom. The number of ether oxygens (including phenoxy) is 4. The van der Waals surface area contributed by atoms with Crippen LogP contribution in [0.15, 0.2) is 42.5 Å². The second-order valence-electron chi connectivity index (χ2n) is 7.23. The van der Waals surface area contributed by atoms with Gasteiger partial charge in [-0.25, -0.2) is 0 Å². The molecule has 0 saturated carbocycles. The second kappa shape index (κ2) is 9.19. The Kier molecular flexibility index (Phi) is 6.18. The number of methoxy groups -OCH3 is 2. The average Bonchev–Trinajstić information content (AvgIpc) is 3.23. The number of fused-ring (bicyclic) bond motifs is 1. The molecule has 2 N–H and O–H groups in total. The van der Waals surface area contributed by atoms with Gasteiger partial charge >= 0.3 is 0 Å². The number of rotatable bonds is 7. The van der Waals surface area contributed by atoms with E-state index in [-0.39, 0.29) is 12.5 Å². The van der Waals surface area contributed by atoms with E-state index in [1.54, 1.807) is 63.7 Å². The molecular formula is C23H25N3O6. The molecule has 0 unspecified atom stereocenters. The molecule has 2 aromatic carbocycles. The van der Waals surface area contributed by atoms with Gasteiger partial charge in [0.1, 0.15) is 30.4 Å². The first kappa shape index (κ1) is 21.5. The highest BCUT2D eigenvalue weighted by Gasteiger charge is 2.20. The molecule has 0 bridgehead atoms. The van der Waals surface area contributed by atoms with Crippen LogP contribution in [0.2, 0.25) is 0 Å². The van der Waals surface area contributed by atoms with E-state index in [4.69, 9.17) is 18.9 Å². The zero-order valence-electron chi connectivity index (χ0n) is 18.1. The Bertz CT molecular complexity index is 1130. The van der Waals surface area contributed by atoms with Crippen molar-refractivity contribution < 1.29 is 28.8 Å². The molecular weight excluding hydrogens is 414 g/mol. The fourth-order valence-corrected chi connectivity index (χ4v) is 3.49. The molecule has 4 rings (SSSR count). The zero-order valence-corrected chi connectivity index (χ0v) is 18.1. The van der Waals surface area contributed by atoms with E-state index < -0.39 is 6.10 Å². The van der Waals surface area contributed by atoms with Crippen LogP contribution in [0.4, 0.5) is 0 Å². The summed E-state index contributed by atoms with van der Waals surface area (Å²) in [5.74, 6) is 2.14. The molecule has 1 aliphatic heterocycles. The van der Waals surface area contributed by atoms with E-state index in [2.05, 4.69) is 10.4 Å². The van der Waals surface area contributed by atoms with E-state index in [9.17, 15) is 9.90 Å². The third-order valence-corrected chi connectivity index (χ3v) is 5.20. The number of amides is 1. The third-order valence-electron chi connectivity index (χ3n) is 5.20. The monoisotopic (exact) mass is 439 g/mol. The summed E-state index contributed by atoms with van der Waals surface area (Å²) in [6.45, 7) is 0.991. The largest absolute Gasteiger partial charge is 0.497 e. The lowest BCUT2D eigenvalue weighted by Crippen LogP contribution is -2.30. The molecule has 0 saturated heterocycles. The highest BCUT2D eigenvalue weighted by atomic mass is 16.6. The van der Waals surface area contributed by atoms with Crippen molar-refractivity contribution in [2.45, 2.75) is 6.10 Å².